The minimum atomic E-state index is -3.92. The molecule has 3 rings (SSSR count). The normalized spacial score (nSPS) is 11.6. The summed E-state index contributed by atoms with van der Waals surface area (Å²) in [5.74, 6) is 0.0329. The number of methoxy groups -OCH3 is 1. The van der Waals surface area contributed by atoms with Crippen LogP contribution in [0.2, 0.25) is 0 Å². The Morgan fingerprint density at radius 2 is 1.93 bits per heavy atom. The van der Waals surface area contributed by atoms with E-state index in [1.807, 2.05) is 0 Å². The Morgan fingerprint density at radius 1 is 1.17 bits per heavy atom. The molecule has 0 fully saturated rings. The zero-order chi connectivity index (χ0) is 21.6. The van der Waals surface area contributed by atoms with Gasteiger partial charge in [0.2, 0.25) is 26.6 Å². The Labute approximate surface area is 173 Å². The number of nitro groups is 1. The third-order valence-corrected chi connectivity index (χ3v) is 5.69. The molecule has 0 saturated carbocycles. The van der Waals surface area contributed by atoms with Crippen LogP contribution in [0.3, 0.4) is 0 Å². The molecule has 30 heavy (non-hydrogen) atoms. The molecular formula is C20H19N3O6S. The summed E-state index contributed by atoms with van der Waals surface area (Å²) in [6.45, 7) is 0.654. The SMILES string of the molecule is COCCNc1oc(C=Cc2cccc([N+](=O)[O-])c2)nc1S(=O)(=O)c1ccccc1. The van der Waals surface area contributed by atoms with Gasteiger partial charge in [-0.1, -0.05) is 30.3 Å². The van der Waals surface area contributed by atoms with Crippen molar-refractivity contribution >= 4 is 33.6 Å². The molecule has 156 valence electrons. The van der Waals surface area contributed by atoms with Crippen LogP contribution in [0.1, 0.15) is 11.5 Å². The van der Waals surface area contributed by atoms with Gasteiger partial charge in [-0.15, -0.1) is 0 Å². The van der Waals surface area contributed by atoms with E-state index in [-0.39, 0.29) is 27.4 Å². The summed E-state index contributed by atoms with van der Waals surface area (Å²) >= 11 is 0. The van der Waals surface area contributed by atoms with Crippen molar-refractivity contribution in [1.29, 1.82) is 0 Å². The molecule has 0 aliphatic heterocycles. The molecule has 0 unspecified atom stereocenters. The van der Waals surface area contributed by atoms with E-state index in [2.05, 4.69) is 10.3 Å². The van der Waals surface area contributed by atoms with Crippen molar-refractivity contribution in [2.45, 2.75) is 9.92 Å². The fraction of sp³-hybridized carbons (Fsp3) is 0.150. The van der Waals surface area contributed by atoms with Crippen LogP contribution in [0, 0.1) is 10.1 Å². The summed E-state index contributed by atoms with van der Waals surface area (Å²) in [6.07, 6.45) is 3.00. The molecule has 1 heterocycles. The smallest absolute Gasteiger partial charge is 0.270 e. The summed E-state index contributed by atoms with van der Waals surface area (Å²) < 4.78 is 36.6. The van der Waals surface area contributed by atoms with E-state index >= 15 is 0 Å². The monoisotopic (exact) mass is 429 g/mol. The molecular weight excluding hydrogens is 410 g/mol. The molecule has 2 aromatic carbocycles. The molecule has 10 heteroatoms. The summed E-state index contributed by atoms with van der Waals surface area (Å²) in [4.78, 5) is 14.6. The van der Waals surface area contributed by atoms with Crippen LogP contribution >= 0.6 is 0 Å². The minimum Gasteiger partial charge on any atom is -0.420 e. The number of sulfone groups is 1. The number of aromatic nitrogens is 1. The fourth-order valence-corrected chi connectivity index (χ4v) is 3.88. The second kappa shape index (κ2) is 9.33. The number of non-ortho nitro benzene ring substituents is 1. The maximum atomic E-state index is 13.0. The lowest BCUT2D eigenvalue weighted by Crippen LogP contribution is -2.11. The first-order valence-corrected chi connectivity index (χ1v) is 10.4. The molecule has 1 aromatic heterocycles. The van der Waals surface area contributed by atoms with Crippen LogP contribution in [0.25, 0.3) is 12.2 Å². The van der Waals surface area contributed by atoms with Gasteiger partial charge < -0.3 is 14.5 Å². The van der Waals surface area contributed by atoms with Gasteiger partial charge in [0, 0.05) is 31.9 Å². The third kappa shape index (κ3) is 4.91. The Morgan fingerprint density at radius 3 is 2.63 bits per heavy atom. The third-order valence-electron chi connectivity index (χ3n) is 4.01. The van der Waals surface area contributed by atoms with E-state index in [1.54, 1.807) is 36.4 Å². The van der Waals surface area contributed by atoms with Crippen molar-refractivity contribution in [3.05, 3.63) is 76.2 Å². The van der Waals surface area contributed by atoms with Gasteiger partial charge in [0.1, 0.15) is 0 Å². The number of nitrogens with one attached hydrogen (secondary N) is 1. The van der Waals surface area contributed by atoms with Crippen LogP contribution < -0.4 is 5.32 Å². The maximum absolute atomic E-state index is 13.0. The zero-order valence-corrected chi connectivity index (χ0v) is 16.8. The Kier molecular flexibility index (Phi) is 6.60. The second-order valence-corrected chi connectivity index (χ2v) is 7.97. The fourth-order valence-electron chi connectivity index (χ4n) is 2.57. The van der Waals surface area contributed by atoms with Crippen molar-refractivity contribution in [1.82, 2.24) is 4.98 Å². The van der Waals surface area contributed by atoms with Gasteiger partial charge in [0.25, 0.3) is 5.69 Å². The molecule has 0 amide bonds. The van der Waals surface area contributed by atoms with E-state index in [0.29, 0.717) is 18.7 Å². The van der Waals surface area contributed by atoms with Crippen molar-refractivity contribution in [2.24, 2.45) is 0 Å². The van der Waals surface area contributed by atoms with Gasteiger partial charge in [-0.25, -0.2) is 8.42 Å². The van der Waals surface area contributed by atoms with Crippen molar-refractivity contribution in [3.8, 4) is 0 Å². The average Bonchev–Trinajstić information content (AvgIpc) is 3.17. The van der Waals surface area contributed by atoms with E-state index in [9.17, 15) is 18.5 Å². The van der Waals surface area contributed by atoms with Crippen LogP contribution in [0.4, 0.5) is 11.6 Å². The molecule has 0 aliphatic rings. The van der Waals surface area contributed by atoms with Gasteiger partial charge in [-0.05, 0) is 23.8 Å². The first kappa shape index (κ1) is 21.2. The van der Waals surface area contributed by atoms with Crippen LogP contribution in [0.15, 0.2) is 68.9 Å². The van der Waals surface area contributed by atoms with Crippen LogP contribution in [0.5, 0.6) is 0 Å². The number of nitro benzene ring substituents is 1. The molecule has 0 radical (unpaired) electrons. The minimum absolute atomic E-state index is 0.00500. The maximum Gasteiger partial charge on any atom is 0.270 e. The highest BCUT2D eigenvalue weighted by Gasteiger charge is 2.27. The first-order chi connectivity index (χ1) is 14.4. The molecule has 0 spiro atoms. The van der Waals surface area contributed by atoms with Gasteiger partial charge in [0.15, 0.2) is 0 Å². The summed E-state index contributed by atoms with van der Waals surface area (Å²) in [5.41, 5.74) is 0.488. The van der Waals surface area contributed by atoms with Crippen molar-refractivity contribution in [3.63, 3.8) is 0 Å². The molecule has 0 bridgehead atoms. The quantitative estimate of drug-likeness (QED) is 0.310. The van der Waals surface area contributed by atoms with Crippen molar-refractivity contribution in [2.75, 3.05) is 25.6 Å². The van der Waals surface area contributed by atoms with Gasteiger partial charge in [-0.2, -0.15) is 4.98 Å². The second-order valence-electron chi connectivity index (χ2n) is 6.11. The molecule has 9 nitrogen and oxygen atoms in total. The van der Waals surface area contributed by atoms with Gasteiger partial charge in [-0.3, -0.25) is 10.1 Å². The van der Waals surface area contributed by atoms with E-state index in [1.165, 1.54) is 37.5 Å². The number of hydrogen-bond acceptors (Lipinski definition) is 8. The lowest BCUT2D eigenvalue weighted by atomic mass is 10.2. The number of rotatable bonds is 9. The van der Waals surface area contributed by atoms with Crippen LogP contribution in [-0.2, 0) is 14.6 Å². The number of ether oxygens (including phenoxy) is 1. The van der Waals surface area contributed by atoms with E-state index in [0.717, 1.165) is 0 Å². The number of anilines is 1. The first-order valence-electron chi connectivity index (χ1n) is 8.88. The van der Waals surface area contributed by atoms with Crippen LogP contribution in [-0.4, -0.2) is 38.6 Å². The Bertz CT molecular complexity index is 1160. The summed E-state index contributed by atoms with van der Waals surface area (Å²) in [5, 5.41) is 13.5. The molecule has 3 aromatic rings. The lowest BCUT2D eigenvalue weighted by molar-refractivity contribution is -0.384. The van der Waals surface area contributed by atoms with E-state index < -0.39 is 14.8 Å². The molecule has 0 aliphatic carbocycles. The zero-order valence-electron chi connectivity index (χ0n) is 16.0. The van der Waals surface area contributed by atoms with Gasteiger partial charge in [0.05, 0.1) is 16.4 Å². The number of hydrogen-bond donors (Lipinski definition) is 1. The standard InChI is InChI=1S/C20H19N3O6S/c1-28-13-12-21-19-20(30(26,27)17-8-3-2-4-9-17)22-18(29-19)11-10-15-6-5-7-16(14-15)23(24)25/h2-11,14,21H,12-13H2,1H3. The predicted octanol–water partition coefficient (Wildman–Crippen LogP) is 3.64. The predicted molar refractivity (Wildman–Crippen MR) is 111 cm³/mol. The largest absolute Gasteiger partial charge is 0.420 e. The lowest BCUT2D eigenvalue weighted by Gasteiger charge is -2.05. The Balaban J connectivity index is 1.96. The molecule has 1 N–H and O–H groups in total. The number of benzene rings is 2. The van der Waals surface area contributed by atoms with E-state index in [4.69, 9.17) is 9.15 Å². The number of nitrogens with zero attached hydrogens (tertiary/aromatic N) is 2. The summed E-state index contributed by atoms with van der Waals surface area (Å²) in [7, 11) is -2.39. The molecule has 0 saturated heterocycles. The summed E-state index contributed by atoms with van der Waals surface area (Å²) in [6, 6.07) is 13.9. The molecule has 0 atom stereocenters. The number of oxazole rings is 1. The average molecular weight is 429 g/mol. The Hall–Kier alpha value is -3.50. The highest BCUT2D eigenvalue weighted by molar-refractivity contribution is 7.91. The van der Waals surface area contributed by atoms with Crippen molar-refractivity contribution < 1.29 is 22.5 Å². The highest BCUT2D eigenvalue weighted by Crippen LogP contribution is 2.29. The highest BCUT2D eigenvalue weighted by atomic mass is 32.2. The topological polar surface area (TPSA) is 125 Å². The van der Waals surface area contributed by atoms with Gasteiger partial charge >= 0.3 is 0 Å².